The third-order valence-electron chi connectivity index (χ3n) is 7.89. The maximum absolute atomic E-state index is 8.61. The van der Waals surface area contributed by atoms with E-state index < -0.39 is 15.4 Å². The van der Waals surface area contributed by atoms with E-state index in [1.807, 2.05) is 0 Å². The van der Waals surface area contributed by atoms with Gasteiger partial charge in [-0.15, -0.1) is 0 Å². The molecule has 0 saturated carbocycles. The monoisotopic (exact) mass is 650 g/mol. The van der Waals surface area contributed by atoms with Gasteiger partial charge in [-0.25, -0.2) is 0 Å². The maximum atomic E-state index is 8.61. The van der Waals surface area contributed by atoms with E-state index in [1.165, 1.54) is 164 Å². The van der Waals surface area contributed by atoms with Gasteiger partial charge in [0.1, 0.15) is 0 Å². The van der Waals surface area contributed by atoms with E-state index in [-0.39, 0.29) is 0 Å². The van der Waals surface area contributed by atoms with Crippen LogP contribution in [0.15, 0.2) is 0 Å². The molecule has 242 valence electrons. The summed E-state index contributed by atoms with van der Waals surface area (Å²) in [5.74, 6) is 0. The Bertz CT molecular complexity index is 466. The van der Waals surface area contributed by atoms with Crippen LogP contribution in [0.1, 0.15) is 158 Å². The summed E-state index contributed by atoms with van der Waals surface area (Å²) in [6.45, 7) is 30.0. The number of hydrogen-bond acceptors (Lipinski definition) is 4. The Hall–Kier alpha value is 0.0634. The molecule has 0 heterocycles. The molecule has 0 fully saturated rings. The molecule has 0 aromatic carbocycles. The van der Waals surface area contributed by atoms with Gasteiger partial charge in [0.15, 0.2) is 0 Å². The Morgan fingerprint density at radius 1 is 0.359 bits per heavy atom. The van der Waals surface area contributed by atoms with Crippen LogP contribution in [-0.4, -0.2) is 61.3 Å². The van der Waals surface area contributed by atoms with Crippen molar-refractivity contribution in [3.05, 3.63) is 0 Å². The molecule has 0 unspecified atom stereocenters. The number of quaternary nitrogens is 2. The number of hydrogen-bond donors (Lipinski definition) is 0. The van der Waals surface area contributed by atoms with Crippen molar-refractivity contribution in [3.63, 3.8) is 0 Å². The minimum atomic E-state index is -5.86. The van der Waals surface area contributed by atoms with Crippen molar-refractivity contribution in [2.45, 2.75) is 158 Å². The summed E-state index contributed by atoms with van der Waals surface area (Å²) in [6, 6.07) is 0. The first-order valence-corrected chi connectivity index (χ1v) is 19.6. The summed E-state index contributed by atoms with van der Waals surface area (Å²) in [7, 11) is 0. The fourth-order valence-corrected chi connectivity index (χ4v) is 5.29. The second kappa shape index (κ2) is 29.6. The van der Waals surface area contributed by atoms with Crippen LogP contribution in [0, 0.1) is 0 Å². The third-order valence-corrected chi connectivity index (χ3v) is 7.89. The van der Waals surface area contributed by atoms with Crippen LogP contribution < -0.4 is 7.87 Å². The second-order valence-electron chi connectivity index (χ2n) is 11.7. The molecule has 0 N–H and O–H groups in total. The average molecular weight is 650 g/mol. The molecule has 0 spiro atoms. The standard InChI is InChI=1S/2C16H36N.4O.Ru/c2*1-5-9-13-17(14-10-6-2,15-11-7-3)16-12-8-4;;;;;/h2*5-16H2,1-4H3;;;;;/q2*+1;;;2*-1;. The zero-order chi connectivity index (χ0) is 30.5. The van der Waals surface area contributed by atoms with E-state index in [4.69, 9.17) is 15.0 Å². The van der Waals surface area contributed by atoms with E-state index in [0.717, 1.165) is 0 Å². The van der Waals surface area contributed by atoms with Gasteiger partial charge in [-0.2, -0.15) is 0 Å². The van der Waals surface area contributed by atoms with Crippen LogP contribution in [0.3, 0.4) is 0 Å². The molecule has 7 heteroatoms. The van der Waals surface area contributed by atoms with Crippen LogP contribution in [0.4, 0.5) is 0 Å². The quantitative estimate of drug-likeness (QED) is 0.0807. The van der Waals surface area contributed by atoms with Gasteiger partial charge in [0.25, 0.3) is 0 Å². The number of unbranched alkanes of at least 4 members (excludes halogenated alkanes) is 8. The first kappa shape index (κ1) is 43.5. The van der Waals surface area contributed by atoms with Crippen molar-refractivity contribution in [3.8, 4) is 0 Å². The van der Waals surface area contributed by atoms with Gasteiger partial charge >= 0.3 is 30.4 Å². The first-order valence-electron chi connectivity index (χ1n) is 16.8. The Kier molecular flexibility index (Phi) is 33.0. The molecular formula is C32H72N2O4Ru. The van der Waals surface area contributed by atoms with E-state index in [0.29, 0.717) is 0 Å². The molecule has 39 heavy (non-hydrogen) atoms. The number of rotatable bonds is 24. The molecule has 0 aliphatic carbocycles. The van der Waals surface area contributed by atoms with Gasteiger partial charge in [0.2, 0.25) is 0 Å². The van der Waals surface area contributed by atoms with Crippen LogP contribution in [-0.2, 0) is 22.5 Å². The predicted molar refractivity (Wildman–Crippen MR) is 160 cm³/mol. The zero-order valence-corrected chi connectivity index (χ0v) is 29.6. The molecule has 0 aromatic heterocycles. The van der Waals surface area contributed by atoms with Crippen molar-refractivity contribution >= 4 is 0 Å². The SMILES string of the molecule is CCCC[N+](CCCC)(CCCC)CCCC.CCCC[N+](CCCC)(CCCC)CCCC.[O]=[Ru](=[O])([O-])[O-]. The van der Waals surface area contributed by atoms with E-state index in [1.54, 1.807) is 0 Å². The Morgan fingerprint density at radius 2 is 0.462 bits per heavy atom. The van der Waals surface area contributed by atoms with Crippen molar-refractivity contribution in [2.75, 3.05) is 52.4 Å². The van der Waals surface area contributed by atoms with Crippen LogP contribution >= 0.6 is 0 Å². The molecule has 0 aliphatic heterocycles. The molecule has 0 bridgehead atoms. The van der Waals surface area contributed by atoms with Crippen molar-refractivity contribution in [2.24, 2.45) is 0 Å². The second-order valence-corrected chi connectivity index (χ2v) is 13.4. The predicted octanol–water partition coefficient (Wildman–Crippen LogP) is 7.39. The molecule has 0 radical (unpaired) electrons. The summed E-state index contributed by atoms with van der Waals surface area (Å²) in [4.78, 5) is 0. The first-order chi connectivity index (χ1) is 18.5. The summed E-state index contributed by atoms with van der Waals surface area (Å²) >= 11 is -5.86. The Labute approximate surface area is 249 Å². The normalized spacial score (nSPS) is 12.4. The van der Waals surface area contributed by atoms with Crippen molar-refractivity contribution in [1.29, 1.82) is 0 Å². The van der Waals surface area contributed by atoms with Gasteiger partial charge in [0.05, 0.1) is 52.4 Å². The topological polar surface area (TPSA) is 80.3 Å². The van der Waals surface area contributed by atoms with E-state index >= 15 is 0 Å². The molecule has 0 atom stereocenters. The molecule has 6 nitrogen and oxygen atoms in total. The molecule has 0 amide bonds. The minimum absolute atomic E-state index is 1.35. The van der Waals surface area contributed by atoms with Crippen LogP contribution in [0.2, 0.25) is 0 Å². The van der Waals surface area contributed by atoms with E-state index in [9.17, 15) is 0 Å². The molecule has 0 rings (SSSR count). The summed E-state index contributed by atoms with van der Waals surface area (Å²) in [5.41, 5.74) is 0. The fourth-order valence-electron chi connectivity index (χ4n) is 5.29. The number of nitrogens with zero attached hydrogens (tertiary/aromatic N) is 2. The summed E-state index contributed by atoms with van der Waals surface area (Å²) in [5, 5.41) is 0. The average Bonchev–Trinajstić information content (AvgIpc) is 2.91. The van der Waals surface area contributed by atoms with Gasteiger partial charge in [-0.05, 0) is 51.4 Å². The molecule has 0 saturated heterocycles. The van der Waals surface area contributed by atoms with E-state index in [2.05, 4.69) is 55.4 Å². The summed E-state index contributed by atoms with van der Waals surface area (Å²) in [6.07, 6.45) is 22.1. The van der Waals surface area contributed by atoms with Crippen molar-refractivity contribution < 1.29 is 39.4 Å². The Morgan fingerprint density at radius 3 is 0.538 bits per heavy atom. The Balaban J connectivity index is -0.000000566. The fraction of sp³-hybridized carbons (Fsp3) is 1.00. The van der Waals surface area contributed by atoms with Crippen molar-refractivity contribution in [1.82, 2.24) is 0 Å². The molecular weight excluding hydrogens is 577 g/mol. The van der Waals surface area contributed by atoms with Crippen LogP contribution in [0.5, 0.6) is 0 Å². The molecule has 0 aromatic rings. The zero-order valence-electron chi connectivity index (χ0n) is 27.9. The summed E-state index contributed by atoms with van der Waals surface area (Å²) < 4.78 is 37.3. The molecule has 0 aliphatic rings. The van der Waals surface area contributed by atoms with Gasteiger partial charge < -0.3 is 8.97 Å². The third kappa shape index (κ3) is 30.8. The van der Waals surface area contributed by atoms with Gasteiger partial charge in [-0.1, -0.05) is 107 Å². The van der Waals surface area contributed by atoms with Gasteiger partial charge in [0, 0.05) is 0 Å². The van der Waals surface area contributed by atoms with Gasteiger partial charge in [-0.3, -0.25) is 0 Å². The van der Waals surface area contributed by atoms with Crippen LogP contribution in [0.25, 0.3) is 0 Å².